The van der Waals surface area contributed by atoms with Crippen LogP contribution in [-0.4, -0.2) is 29.6 Å². The lowest BCUT2D eigenvalue weighted by molar-refractivity contribution is -0.123. The van der Waals surface area contributed by atoms with Crippen molar-refractivity contribution < 1.29 is 4.79 Å². The number of rotatable bonds is 2. The second-order valence-corrected chi connectivity index (χ2v) is 6.18. The Kier molecular flexibility index (Phi) is 4.14. The van der Waals surface area contributed by atoms with Crippen LogP contribution in [0.25, 0.3) is 0 Å². The predicted molar refractivity (Wildman–Crippen MR) is 68.4 cm³/mol. The molecule has 2 aliphatic rings. The second-order valence-electron chi connectivity index (χ2n) is 5.15. The van der Waals surface area contributed by atoms with Gasteiger partial charge >= 0.3 is 0 Å². The van der Waals surface area contributed by atoms with E-state index in [-0.39, 0.29) is 11.9 Å². The Balaban J connectivity index is 1.85. The van der Waals surface area contributed by atoms with Crippen molar-refractivity contribution in [1.29, 1.82) is 0 Å². The summed E-state index contributed by atoms with van der Waals surface area (Å²) >= 11 is 1.80. The van der Waals surface area contributed by atoms with Crippen molar-refractivity contribution in [1.82, 2.24) is 10.6 Å². The first-order valence-electron chi connectivity index (χ1n) is 6.30. The highest BCUT2D eigenvalue weighted by Gasteiger charge is 2.30. The van der Waals surface area contributed by atoms with Gasteiger partial charge in [-0.05, 0) is 18.3 Å². The van der Waals surface area contributed by atoms with Gasteiger partial charge in [0.25, 0.3) is 0 Å². The molecule has 1 aliphatic carbocycles. The molecule has 0 aromatic carbocycles. The lowest BCUT2D eigenvalue weighted by Gasteiger charge is -2.35. The van der Waals surface area contributed by atoms with Crippen LogP contribution in [0.3, 0.4) is 0 Å². The summed E-state index contributed by atoms with van der Waals surface area (Å²) in [7, 11) is 0. The van der Waals surface area contributed by atoms with E-state index in [2.05, 4.69) is 24.5 Å². The zero-order valence-corrected chi connectivity index (χ0v) is 11.0. The first-order chi connectivity index (χ1) is 7.68. The molecule has 1 aliphatic heterocycles. The van der Waals surface area contributed by atoms with Gasteiger partial charge in [0, 0.05) is 17.7 Å². The van der Waals surface area contributed by atoms with Gasteiger partial charge in [0.15, 0.2) is 0 Å². The highest BCUT2D eigenvalue weighted by Crippen LogP contribution is 2.29. The second kappa shape index (κ2) is 5.41. The first-order valence-corrected chi connectivity index (χ1v) is 7.45. The Bertz CT molecular complexity index is 253. The molecule has 3 nitrogen and oxygen atoms in total. The van der Waals surface area contributed by atoms with Crippen molar-refractivity contribution in [3.05, 3.63) is 0 Å². The smallest absolute Gasteiger partial charge is 0.238 e. The molecule has 4 unspecified atom stereocenters. The van der Waals surface area contributed by atoms with Gasteiger partial charge in [-0.15, -0.1) is 11.8 Å². The molecule has 0 bridgehead atoms. The van der Waals surface area contributed by atoms with Crippen molar-refractivity contribution in [3.8, 4) is 0 Å². The van der Waals surface area contributed by atoms with Crippen LogP contribution < -0.4 is 10.6 Å². The van der Waals surface area contributed by atoms with Gasteiger partial charge in [-0.3, -0.25) is 10.1 Å². The highest BCUT2D eigenvalue weighted by molar-refractivity contribution is 7.99. The molecule has 4 atom stereocenters. The van der Waals surface area contributed by atoms with Gasteiger partial charge in [0.2, 0.25) is 5.91 Å². The fourth-order valence-electron chi connectivity index (χ4n) is 2.63. The number of amides is 1. The van der Waals surface area contributed by atoms with Crippen molar-refractivity contribution in [2.45, 2.75) is 45.2 Å². The third kappa shape index (κ3) is 2.72. The summed E-state index contributed by atoms with van der Waals surface area (Å²) in [6.07, 6.45) is 3.71. The van der Waals surface area contributed by atoms with Gasteiger partial charge in [-0.1, -0.05) is 26.7 Å². The van der Waals surface area contributed by atoms with Crippen LogP contribution in [0.2, 0.25) is 0 Å². The Hall–Kier alpha value is -0.220. The van der Waals surface area contributed by atoms with E-state index in [1.165, 1.54) is 12.8 Å². The maximum Gasteiger partial charge on any atom is 0.238 e. The van der Waals surface area contributed by atoms with E-state index in [0.29, 0.717) is 12.0 Å². The molecule has 1 saturated carbocycles. The number of carbonyl (C=O) groups excluding carboxylic acids is 1. The van der Waals surface area contributed by atoms with Crippen molar-refractivity contribution in [3.63, 3.8) is 0 Å². The molecular formula is C12H22N2OS. The molecule has 4 heteroatoms. The van der Waals surface area contributed by atoms with E-state index < -0.39 is 0 Å². The summed E-state index contributed by atoms with van der Waals surface area (Å²) < 4.78 is 0. The molecule has 2 fully saturated rings. The highest BCUT2D eigenvalue weighted by atomic mass is 32.2. The Morgan fingerprint density at radius 1 is 1.38 bits per heavy atom. The SMILES string of the molecule is CC1CCCC(NC(=O)C2CSCN2)C1C. The van der Waals surface area contributed by atoms with Crippen molar-refractivity contribution in [2.24, 2.45) is 11.8 Å². The summed E-state index contributed by atoms with van der Waals surface area (Å²) in [5.41, 5.74) is 0. The minimum atomic E-state index is 0.0365. The zero-order valence-electron chi connectivity index (χ0n) is 10.2. The quantitative estimate of drug-likeness (QED) is 0.772. The molecule has 16 heavy (non-hydrogen) atoms. The summed E-state index contributed by atoms with van der Waals surface area (Å²) in [6.45, 7) is 4.57. The largest absolute Gasteiger partial charge is 0.352 e. The van der Waals surface area contributed by atoms with Gasteiger partial charge in [0.1, 0.15) is 0 Å². The normalized spacial score (nSPS) is 39.6. The number of hydrogen-bond donors (Lipinski definition) is 2. The summed E-state index contributed by atoms with van der Waals surface area (Å²) in [5.74, 6) is 3.39. The number of carbonyl (C=O) groups is 1. The predicted octanol–water partition coefficient (Wildman–Crippen LogP) is 1.59. The molecule has 0 aromatic rings. The van der Waals surface area contributed by atoms with Crippen LogP contribution in [0.5, 0.6) is 0 Å². The standard InChI is InChI=1S/C12H22N2OS/c1-8-4-3-5-10(9(8)2)14-12(15)11-6-16-7-13-11/h8-11,13H,3-7H2,1-2H3,(H,14,15). The maximum absolute atomic E-state index is 12.0. The van der Waals surface area contributed by atoms with Crippen LogP contribution in [0, 0.1) is 11.8 Å². The summed E-state index contributed by atoms with van der Waals surface area (Å²) in [5, 5.41) is 6.45. The minimum absolute atomic E-state index is 0.0365. The van der Waals surface area contributed by atoms with E-state index in [1.807, 2.05) is 0 Å². The lowest BCUT2D eigenvalue weighted by atomic mass is 9.78. The van der Waals surface area contributed by atoms with Crippen LogP contribution >= 0.6 is 11.8 Å². The van der Waals surface area contributed by atoms with Crippen LogP contribution in [0.4, 0.5) is 0 Å². The molecular weight excluding hydrogens is 220 g/mol. The van der Waals surface area contributed by atoms with Crippen molar-refractivity contribution in [2.75, 3.05) is 11.6 Å². The molecule has 2 N–H and O–H groups in total. The van der Waals surface area contributed by atoms with Gasteiger partial charge in [-0.25, -0.2) is 0 Å². The molecule has 0 radical (unpaired) electrons. The van der Waals surface area contributed by atoms with E-state index in [1.54, 1.807) is 11.8 Å². The average Bonchev–Trinajstić information content (AvgIpc) is 2.78. The monoisotopic (exact) mass is 242 g/mol. The lowest BCUT2D eigenvalue weighted by Crippen LogP contribution is -2.50. The number of thioether (sulfide) groups is 1. The third-order valence-electron chi connectivity index (χ3n) is 4.07. The summed E-state index contributed by atoms with van der Waals surface area (Å²) in [6, 6.07) is 0.429. The van der Waals surface area contributed by atoms with Gasteiger partial charge < -0.3 is 5.32 Å². The molecule has 0 aromatic heterocycles. The van der Waals surface area contributed by atoms with Crippen LogP contribution in [0.15, 0.2) is 0 Å². The molecule has 1 saturated heterocycles. The summed E-state index contributed by atoms with van der Waals surface area (Å²) in [4.78, 5) is 12.0. The molecule has 0 spiro atoms. The van der Waals surface area contributed by atoms with E-state index in [4.69, 9.17) is 0 Å². The molecule has 1 heterocycles. The van der Waals surface area contributed by atoms with Crippen molar-refractivity contribution >= 4 is 17.7 Å². The Morgan fingerprint density at radius 3 is 2.88 bits per heavy atom. The van der Waals surface area contributed by atoms with Crippen LogP contribution in [-0.2, 0) is 4.79 Å². The average molecular weight is 242 g/mol. The fraction of sp³-hybridized carbons (Fsp3) is 0.917. The van der Waals surface area contributed by atoms with Gasteiger partial charge in [-0.2, -0.15) is 0 Å². The third-order valence-corrected chi connectivity index (χ3v) is 5.01. The number of nitrogens with one attached hydrogen (secondary N) is 2. The number of hydrogen-bond acceptors (Lipinski definition) is 3. The molecule has 2 rings (SSSR count). The Morgan fingerprint density at radius 2 is 2.19 bits per heavy atom. The minimum Gasteiger partial charge on any atom is -0.352 e. The molecule has 1 amide bonds. The Labute approximate surface area is 102 Å². The fourth-order valence-corrected chi connectivity index (χ4v) is 3.57. The zero-order chi connectivity index (χ0) is 11.5. The molecule has 92 valence electrons. The van der Waals surface area contributed by atoms with Crippen LogP contribution in [0.1, 0.15) is 33.1 Å². The maximum atomic E-state index is 12.0. The topological polar surface area (TPSA) is 41.1 Å². The van der Waals surface area contributed by atoms with Gasteiger partial charge in [0.05, 0.1) is 6.04 Å². The van der Waals surface area contributed by atoms with E-state index >= 15 is 0 Å². The van der Waals surface area contributed by atoms with E-state index in [0.717, 1.165) is 24.0 Å². The first kappa shape index (κ1) is 12.2. The van der Waals surface area contributed by atoms with E-state index in [9.17, 15) is 4.79 Å².